The Balaban J connectivity index is 1.97. The van der Waals surface area contributed by atoms with Gasteiger partial charge in [0.2, 0.25) is 0 Å². The number of fused-ring (bicyclic) bond motifs is 2. The van der Waals surface area contributed by atoms with Crippen LogP contribution in [0.4, 0.5) is 0 Å². The zero-order chi connectivity index (χ0) is 17.4. The summed E-state index contributed by atoms with van der Waals surface area (Å²) in [6.07, 6.45) is 0. The zero-order valence-electron chi connectivity index (χ0n) is 15.6. The monoisotopic (exact) mass is 516 g/mol. The van der Waals surface area contributed by atoms with Gasteiger partial charge >= 0.3 is 159 Å². The molecule has 0 N–H and O–H groups in total. The van der Waals surface area contributed by atoms with Gasteiger partial charge < -0.3 is 0 Å². The third kappa shape index (κ3) is 3.92. The molecule has 1 heterocycles. The molecule has 1 radical (unpaired) electrons. The fourth-order valence-corrected chi connectivity index (χ4v) is 7.59. The van der Waals surface area contributed by atoms with Crippen molar-refractivity contribution < 1.29 is 0 Å². The van der Waals surface area contributed by atoms with Gasteiger partial charge in [0.1, 0.15) is 0 Å². The number of benzene rings is 2. The molecule has 3 rings (SSSR count). The topological polar surface area (TPSA) is 3.24 Å². The summed E-state index contributed by atoms with van der Waals surface area (Å²) < 4.78 is 3.31. The first kappa shape index (κ1) is 18.1. The molecule has 0 spiro atoms. The van der Waals surface area contributed by atoms with E-state index < -0.39 is 23.2 Å². The molecule has 127 valence electrons. The van der Waals surface area contributed by atoms with Crippen molar-refractivity contribution in [3.63, 3.8) is 0 Å². The van der Waals surface area contributed by atoms with Crippen LogP contribution in [0, 0.1) is 10.8 Å². The van der Waals surface area contributed by atoms with Crippen LogP contribution in [0.1, 0.15) is 45.7 Å². The molecule has 1 aliphatic rings. The molecule has 2 heteroatoms. The Kier molecular flexibility index (Phi) is 5.19. The van der Waals surface area contributed by atoms with Gasteiger partial charge in [-0.25, -0.2) is 0 Å². The molecule has 2 aromatic carbocycles. The molecule has 0 saturated carbocycles. The van der Waals surface area contributed by atoms with Crippen molar-refractivity contribution in [2.45, 2.75) is 47.7 Å². The van der Waals surface area contributed by atoms with Gasteiger partial charge in [0, 0.05) is 0 Å². The molecule has 0 amide bonds. The molecule has 0 aromatic heterocycles. The average Bonchev–Trinajstić information content (AvgIpc) is 2.47. The second kappa shape index (κ2) is 6.89. The number of hydrogen-bond donors (Lipinski definition) is 0. The van der Waals surface area contributed by atoms with E-state index in [9.17, 15) is 0 Å². The van der Waals surface area contributed by atoms with Crippen molar-refractivity contribution in [1.82, 2.24) is 4.90 Å². The molecule has 0 fully saturated rings. The number of rotatable bonds is 2. The summed E-state index contributed by atoms with van der Waals surface area (Å²) >= 11 is -0.799. The van der Waals surface area contributed by atoms with E-state index in [1.807, 2.05) is 0 Å². The normalized spacial score (nSPS) is 16.0. The standard InChI is InChI=1S/C22H29N.Bi/c1-21(2,3)22(4,5)18-23(16-19-12-8-6-9-13-19)17-20-14-10-7-11-15-20;/h6-12,14H,16-18H2,1-5H3;. The summed E-state index contributed by atoms with van der Waals surface area (Å²) in [5.74, 6) is 0. The minimum atomic E-state index is -0.799. The summed E-state index contributed by atoms with van der Waals surface area (Å²) in [4.78, 5) is 2.67. The van der Waals surface area contributed by atoms with Gasteiger partial charge in [0.15, 0.2) is 0 Å². The summed E-state index contributed by atoms with van der Waals surface area (Å²) in [6, 6.07) is 18.3. The molecular formula is C22H29BiN. The average molecular weight is 516 g/mol. The van der Waals surface area contributed by atoms with Crippen LogP contribution in [-0.2, 0) is 13.1 Å². The second-order valence-electron chi connectivity index (χ2n) is 8.65. The van der Waals surface area contributed by atoms with Crippen LogP contribution in [0.3, 0.4) is 0 Å². The Bertz CT molecular complexity index is 664. The van der Waals surface area contributed by atoms with Gasteiger partial charge in [-0.1, -0.05) is 0 Å². The van der Waals surface area contributed by atoms with Crippen LogP contribution in [0.5, 0.6) is 0 Å². The minimum absolute atomic E-state index is 0.275. The molecule has 0 bridgehead atoms. The van der Waals surface area contributed by atoms with Gasteiger partial charge in [-0.15, -0.1) is 0 Å². The Hall–Kier alpha value is -0.717. The van der Waals surface area contributed by atoms with E-state index in [0.717, 1.165) is 19.6 Å². The van der Waals surface area contributed by atoms with E-state index in [4.69, 9.17) is 0 Å². The third-order valence-electron chi connectivity index (χ3n) is 5.66. The van der Waals surface area contributed by atoms with Crippen molar-refractivity contribution in [1.29, 1.82) is 0 Å². The van der Waals surface area contributed by atoms with Crippen molar-refractivity contribution in [2.24, 2.45) is 10.8 Å². The van der Waals surface area contributed by atoms with Gasteiger partial charge in [-0.3, -0.25) is 0 Å². The molecule has 2 aromatic rings. The summed E-state index contributed by atoms with van der Waals surface area (Å²) in [5.41, 5.74) is 3.70. The van der Waals surface area contributed by atoms with E-state index in [-0.39, 0.29) is 5.41 Å². The molecule has 24 heavy (non-hydrogen) atoms. The Morgan fingerprint density at radius 3 is 1.71 bits per heavy atom. The Morgan fingerprint density at radius 2 is 1.25 bits per heavy atom. The predicted molar refractivity (Wildman–Crippen MR) is 105 cm³/mol. The quantitative estimate of drug-likeness (QED) is 0.551. The Morgan fingerprint density at radius 1 is 0.792 bits per heavy atom. The van der Waals surface area contributed by atoms with E-state index >= 15 is 0 Å². The van der Waals surface area contributed by atoms with E-state index in [1.54, 1.807) is 17.7 Å². The number of nitrogens with zero attached hydrogens (tertiary/aromatic N) is 1. The van der Waals surface area contributed by atoms with Crippen molar-refractivity contribution in [3.8, 4) is 0 Å². The van der Waals surface area contributed by atoms with Crippen LogP contribution < -0.4 is 6.54 Å². The molecule has 1 aliphatic heterocycles. The third-order valence-corrected chi connectivity index (χ3v) is 10.9. The first-order valence-electron chi connectivity index (χ1n) is 8.86. The maximum atomic E-state index is 2.67. The molecule has 1 nitrogen and oxygen atoms in total. The van der Waals surface area contributed by atoms with Gasteiger partial charge in [-0.2, -0.15) is 0 Å². The van der Waals surface area contributed by atoms with Crippen LogP contribution >= 0.6 is 0 Å². The fraction of sp³-hybridized carbons (Fsp3) is 0.455. The SMILES string of the molecule is CC(C)(C)C(C)(C)CN1Cc2cccc[c]2[Bi][c]2ccccc2C1. The van der Waals surface area contributed by atoms with E-state index in [2.05, 4.69) is 88.0 Å². The van der Waals surface area contributed by atoms with Crippen molar-refractivity contribution in [2.75, 3.05) is 6.54 Å². The van der Waals surface area contributed by atoms with Crippen LogP contribution in [0.15, 0.2) is 48.5 Å². The Labute approximate surface area is 159 Å². The van der Waals surface area contributed by atoms with Crippen LogP contribution in [0.2, 0.25) is 0 Å². The maximum absolute atomic E-state index is 2.67. The van der Waals surface area contributed by atoms with Crippen LogP contribution in [-0.4, -0.2) is 34.7 Å². The van der Waals surface area contributed by atoms with Crippen LogP contribution in [0.25, 0.3) is 0 Å². The van der Waals surface area contributed by atoms with Crippen molar-refractivity contribution in [3.05, 3.63) is 59.7 Å². The summed E-state index contributed by atoms with van der Waals surface area (Å²) in [7, 11) is 0. The van der Waals surface area contributed by atoms with Gasteiger partial charge in [-0.05, 0) is 0 Å². The molecule has 0 unspecified atom stereocenters. The van der Waals surface area contributed by atoms with Crippen molar-refractivity contribution >= 4 is 29.8 Å². The van der Waals surface area contributed by atoms with E-state index in [0.29, 0.717) is 5.41 Å². The van der Waals surface area contributed by atoms with E-state index in [1.165, 1.54) is 0 Å². The molecule has 0 aliphatic carbocycles. The first-order chi connectivity index (χ1) is 11.3. The second-order valence-corrected chi connectivity index (χ2v) is 13.3. The van der Waals surface area contributed by atoms with Gasteiger partial charge in [0.25, 0.3) is 0 Å². The van der Waals surface area contributed by atoms with Gasteiger partial charge in [0.05, 0.1) is 0 Å². The molecule has 0 saturated heterocycles. The zero-order valence-corrected chi connectivity index (χ0v) is 19.1. The molecular weight excluding hydrogens is 487 g/mol. The summed E-state index contributed by atoms with van der Waals surface area (Å²) in [5, 5.41) is 0. The fourth-order valence-electron chi connectivity index (χ4n) is 3.08. The molecule has 0 atom stereocenters. The summed E-state index contributed by atoms with van der Waals surface area (Å²) in [6.45, 7) is 15.3. The first-order valence-corrected chi connectivity index (χ1v) is 12.3. The predicted octanol–water partition coefficient (Wildman–Crippen LogP) is 3.73. The number of hydrogen-bond acceptors (Lipinski definition) is 1.